The Kier molecular flexibility index (Phi) is 3.97. The molecule has 10 heavy (non-hydrogen) atoms. The highest BCUT2D eigenvalue weighted by molar-refractivity contribution is 5.76. The summed E-state index contributed by atoms with van der Waals surface area (Å²) in [5.74, 6) is -0.561. The van der Waals surface area contributed by atoms with Gasteiger partial charge < -0.3 is 11.1 Å². The molecule has 0 aromatic heterocycles. The quantitative estimate of drug-likeness (QED) is 0.290. The molecule has 0 aliphatic heterocycles. The van der Waals surface area contributed by atoms with E-state index in [2.05, 4.69) is 11.1 Å². The third-order valence-corrected chi connectivity index (χ3v) is 0.776. The molecule has 0 atom stereocenters. The zero-order valence-electron chi connectivity index (χ0n) is 5.26. The lowest BCUT2D eigenvalue weighted by molar-refractivity contribution is -0.129. The van der Waals surface area contributed by atoms with Gasteiger partial charge in [-0.25, -0.2) is 10.3 Å². The van der Waals surface area contributed by atoms with E-state index in [1.807, 2.05) is 0 Å². The molecule has 0 unspecified atom stereocenters. The van der Waals surface area contributed by atoms with Gasteiger partial charge >= 0.3 is 6.03 Å². The normalized spacial score (nSPS) is 8.50. The molecule has 5 N–H and O–H groups in total. The Bertz CT molecular complexity index is 136. The van der Waals surface area contributed by atoms with Gasteiger partial charge in [0.15, 0.2) is 0 Å². The fourth-order valence-electron chi connectivity index (χ4n) is 0.355. The fraction of sp³-hybridized carbons (Fsp3) is 0.500. The highest BCUT2D eigenvalue weighted by Crippen LogP contribution is 1.73. The molecule has 58 valence electrons. The second kappa shape index (κ2) is 4.57. The highest BCUT2D eigenvalue weighted by Gasteiger charge is 1.97. The van der Waals surface area contributed by atoms with Gasteiger partial charge in [0.2, 0.25) is 5.91 Å². The lowest BCUT2D eigenvalue weighted by atomic mass is 10.4. The molecular weight excluding hydrogens is 138 g/mol. The Morgan fingerprint density at radius 2 is 2.10 bits per heavy atom. The van der Waals surface area contributed by atoms with Crippen LogP contribution in [-0.4, -0.2) is 23.7 Å². The highest BCUT2D eigenvalue weighted by atomic mass is 16.5. The van der Waals surface area contributed by atoms with Crippen LogP contribution < -0.4 is 16.5 Å². The average Bonchev–Trinajstić information content (AvgIpc) is 1.87. The number of hydroxylamine groups is 1. The van der Waals surface area contributed by atoms with Crippen LogP contribution in [-0.2, 0) is 4.79 Å². The monoisotopic (exact) mass is 147 g/mol. The van der Waals surface area contributed by atoms with Crippen molar-refractivity contribution < 1.29 is 14.8 Å². The summed E-state index contributed by atoms with van der Waals surface area (Å²) in [4.78, 5) is 20.2. The lowest BCUT2D eigenvalue weighted by Crippen LogP contribution is -2.33. The minimum atomic E-state index is -0.689. The summed E-state index contributed by atoms with van der Waals surface area (Å²) in [7, 11) is 0. The van der Waals surface area contributed by atoms with Crippen LogP contribution >= 0.6 is 0 Å². The molecule has 6 nitrogen and oxygen atoms in total. The number of carbonyl (C=O) groups excluding carboxylic acids is 2. The summed E-state index contributed by atoms with van der Waals surface area (Å²) < 4.78 is 0. The van der Waals surface area contributed by atoms with Gasteiger partial charge in [-0.2, -0.15) is 0 Å². The summed E-state index contributed by atoms with van der Waals surface area (Å²) in [6.45, 7) is 0.127. The van der Waals surface area contributed by atoms with Gasteiger partial charge in [0.05, 0.1) is 0 Å². The summed E-state index contributed by atoms with van der Waals surface area (Å²) in [5.41, 5.74) is 6.08. The van der Waals surface area contributed by atoms with Gasteiger partial charge in [-0.1, -0.05) is 0 Å². The first-order chi connectivity index (χ1) is 4.66. The molecule has 0 aromatic rings. The van der Waals surface area contributed by atoms with Crippen molar-refractivity contribution in [1.29, 1.82) is 0 Å². The summed E-state index contributed by atoms with van der Waals surface area (Å²) in [5, 5.41) is 10.1. The molecule has 0 saturated heterocycles. The number of urea groups is 1. The molecule has 0 aliphatic carbocycles. The molecule has 0 aromatic carbocycles. The predicted octanol–water partition coefficient (Wildman–Crippen LogP) is -1.45. The van der Waals surface area contributed by atoms with E-state index < -0.39 is 11.9 Å². The van der Waals surface area contributed by atoms with Crippen molar-refractivity contribution in [1.82, 2.24) is 10.8 Å². The Morgan fingerprint density at radius 1 is 1.50 bits per heavy atom. The van der Waals surface area contributed by atoms with Gasteiger partial charge in [-0.15, -0.1) is 0 Å². The Morgan fingerprint density at radius 3 is 2.50 bits per heavy atom. The van der Waals surface area contributed by atoms with Crippen LogP contribution in [0, 0.1) is 0 Å². The number of rotatable bonds is 3. The first kappa shape index (κ1) is 8.70. The second-order valence-electron chi connectivity index (χ2n) is 1.58. The topological polar surface area (TPSA) is 104 Å². The third kappa shape index (κ3) is 4.85. The molecule has 0 radical (unpaired) electrons. The molecule has 6 heteroatoms. The summed E-state index contributed by atoms with van der Waals surface area (Å²) >= 11 is 0. The Balaban J connectivity index is 3.20. The van der Waals surface area contributed by atoms with Crippen molar-refractivity contribution in [3.63, 3.8) is 0 Å². The summed E-state index contributed by atoms with van der Waals surface area (Å²) in [6, 6.07) is -0.689. The van der Waals surface area contributed by atoms with Crippen molar-refractivity contribution >= 4 is 11.9 Å². The van der Waals surface area contributed by atoms with Gasteiger partial charge in [-0.05, 0) is 0 Å². The minimum absolute atomic E-state index is 0.0133. The Labute approximate surface area is 57.3 Å². The number of nitrogens with two attached hydrogens (primary N) is 1. The van der Waals surface area contributed by atoms with E-state index in [0.29, 0.717) is 0 Å². The van der Waals surface area contributed by atoms with Gasteiger partial charge in [0, 0.05) is 13.0 Å². The van der Waals surface area contributed by atoms with Crippen molar-refractivity contribution in [3.05, 3.63) is 0 Å². The first-order valence-corrected chi connectivity index (χ1v) is 2.63. The van der Waals surface area contributed by atoms with E-state index in [4.69, 9.17) is 5.21 Å². The first-order valence-electron chi connectivity index (χ1n) is 2.63. The smallest absolute Gasteiger partial charge is 0.312 e. The van der Waals surface area contributed by atoms with Crippen molar-refractivity contribution in [2.45, 2.75) is 6.42 Å². The van der Waals surface area contributed by atoms with Crippen LogP contribution in [0.3, 0.4) is 0 Å². The third-order valence-electron chi connectivity index (χ3n) is 0.776. The standard InChI is InChI=1S/C4H9N3O3/c5-4(9)6-2-1-3(8)7-10/h10H,1-2H2,(H,7,8)(H3,5,6,9). The lowest BCUT2D eigenvalue weighted by Gasteiger charge is -1.98. The second-order valence-corrected chi connectivity index (χ2v) is 1.58. The van der Waals surface area contributed by atoms with Crippen LogP contribution in [0.15, 0.2) is 0 Å². The maximum Gasteiger partial charge on any atom is 0.312 e. The average molecular weight is 147 g/mol. The van der Waals surface area contributed by atoms with E-state index >= 15 is 0 Å². The van der Waals surface area contributed by atoms with Gasteiger partial charge in [0.1, 0.15) is 0 Å². The zero-order valence-corrected chi connectivity index (χ0v) is 5.26. The van der Waals surface area contributed by atoms with Gasteiger partial charge in [0.25, 0.3) is 0 Å². The molecular formula is C4H9N3O3. The SMILES string of the molecule is NC(=O)NCCC(=O)NO. The molecule has 0 aliphatic rings. The van der Waals surface area contributed by atoms with E-state index in [1.165, 1.54) is 5.48 Å². The molecule has 0 spiro atoms. The van der Waals surface area contributed by atoms with Crippen LogP contribution in [0.4, 0.5) is 4.79 Å². The number of amides is 3. The molecule has 0 bridgehead atoms. The number of primary amides is 1. The van der Waals surface area contributed by atoms with E-state index in [9.17, 15) is 9.59 Å². The van der Waals surface area contributed by atoms with Crippen molar-refractivity contribution in [3.8, 4) is 0 Å². The minimum Gasteiger partial charge on any atom is -0.352 e. The van der Waals surface area contributed by atoms with E-state index in [0.717, 1.165) is 0 Å². The number of carbonyl (C=O) groups is 2. The number of hydrogen-bond acceptors (Lipinski definition) is 3. The van der Waals surface area contributed by atoms with Crippen molar-refractivity contribution in [2.24, 2.45) is 5.73 Å². The number of nitrogens with one attached hydrogen (secondary N) is 2. The van der Waals surface area contributed by atoms with Crippen LogP contribution in [0.2, 0.25) is 0 Å². The largest absolute Gasteiger partial charge is 0.352 e. The maximum atomic E-state index is 10.2. The maximum absolute atomic E-state index is 10.2. The number of hydrogen-bond donors (Lipinski definition) is 4. The molecule has 0 rings (SSSR count). The molecule has 0 fully saturated rings. The van der Waals surface area contributed by atoms with Crippen LogP contribution in [0.5, 0.6) is 0 Å². The summed E-state index contributed by atoms with van der Waals surface area (Å²) in [6.07, 6.45) is 0.0133. The molecule has 3 amide bonds. The van der Waals surface area contributed by atoms with Gasteiger partial charge in [-0.3, -0.25) is 10.0 Å². The van der Waals surface area contributed by atoms with E-state index in [1.54, 1.807) is 0 Å². The predicted molar refractivity (Wildman–Crippen MR) is 32.1 cm³/mol. The molecule has 0 saturated carbocycles. The van der Waals surface area contributed by atoms with Crippen LogP contribution in [0.1, 0.15) is 6.42 Å². The zero-order chi connectivity index (χ0) is 7.98. The van der Waals surface area contributed by atoms with Crippen LogP contribution in [0.25, 0.3) is 0 Å². The molecule has 0 heterocycles. The van der Waals surface area contributed by atoms with E-state index in [-0.39, 0.29) is 13.0 Å². The Hall–Kier alpha value is -1.30. The fourth-order valence-corrected chi connectivity index (χ4v) is 0.355. The van der Waals surface area contributed by atoms with Crippen molar-refractivity contribution in [2.75, 3.05) is 6.54 Å².